The van der Waals surface area contributed by atoms with Gasteiger partial charge in [-0.2, -0.15) is 0 Å². The van der Waals surface area contributed by atoms with Crippen LogP contribution in [-0.4, -0.2) is 6.29 Å². The van der Waals surface area contributed by atoms with Crippen LogP contribution in [0.15, 0.2) is 0 Å². The molecule has 0 saturated carbocycles. The van der Waals surface area contributed by atoms with Gasteiger partial charge in [-0.15, -0.1) is 0 Å². The first kappa shape index (κ1) is 15.7. The molecule has 0 saturated heterocycles. The zero-order chi connectivity index (χ0) is 12.2. The summed E-state index contributed by atoms with van der Waals surface area (Å²) in [5, 5.41) is 0. The van der Waals surface area contributed by atoms with Gasteiger partial charge in [-0.25, -0.2) is 0 Å². The average molecular weight is 226 g/mol. The molecule has 16 heavy (non-hydrogen) atoms. The largest absolute Gasteiger partial charge is 0.303 e. The second-order valence-electron chi connectivity index (χ2n) is 5.40. The van der Waals surface area contributed by atoms with Gasteiger partial charge in [0.05, 0.1) is 0 Å². The van der Waals surface area contributed by atoms with E-state index in [0.717, 1.165) is 18.6 Å². The van der Waals surface area contributed by atoms with Crippen LogP contribution in [0.3, 0.4) is 0 Å². The minimum Gasteiger partial charge on any atom is -0.303 e. The number of hydrogen-bond donors (Lipinski definition) is 0. The maximum atomic E-state index is 10.4. The van der Waals surface area contributed by atoms with Gasteiger partial charge in [0, 0.05) is 6.42 Å². The Morgan fingerprint density at radius 1 is 0.938 bits per heavy atom. The third-order valence-electron chi connectivity index (χ3n) is 3.35. The van der Waals surface area contributed by atoms with Crippen molar-refractivity contribution in [3.63, 3.8) is 0 Å². The third-order valence-corrected chi connectivity index (χ3v) is 3.35. The highest BCUT2D eigenvalue weighted by molar-refractivity contribution is 5.49. The topological polar surface area (TPSA) is 17.1 Å². The molecule has 96 valence electrons. The number of hydrogen-bond acceptors (Lipinski definition) is 1. The van der Waals surface area contributed by atoms with Gasteiger partial charge in [-0.1, -0.05) is 65.7 Å². The first-order valence-electron chi connectivity index (χ1n) is 7.14. The summed E-state index contributed by atoms with van der Waals surface area (Å²) < 4.78 is 0. The van der Waals surface area contributed by atoms with Crippen molar-refractivity contribution >= 4 is 6.29 Å². The van der Waals surface area contributed by atoms with E-state index in [9.17, 15) is 4.79 Å². The number of carbonyl (C=O) groups excluding carboxylic acids is 1. The summed E-state index contributed by atoms with van der Waals surface area (Å²) in [5.74, 6) is 1.37. The van der Waals surface area contributed by atoms with Crippen LogP contribution in [0.5, 0.6) is 0 Å². The van der Waals surface area contributed by atoms with Gasteiger partial charge in [0.25, 0.3) is 0 Å². The fourth-order valence-corrected chi connectivity index (χ4v) is 2.34. The monoisotopic (exact) mass is 226 g/mol. The van der Waals surface area contributed by atoms with Crippen molar-refractivity contribution in [3.8, 4) is 0 Å². The van der Waals surface area contributed by atoms with Crippen molar-refractivity contribution in [1.82, 2.24) is 0 Å². The van der Waals surface area contributed by atoms with Gasteiger partial charge in [-0.3, -0.25) is 0 Å². The summed E-state index contributed by atoms with van der Waals surface area (Å²) in [5.41, 5.74) is 0. The Morgan fingerprint density at radius 3 is 2.19 bits per heavy atom. The molecule has 0 fully saturated rings. The zero-order valence-corrected chi connectivity index (χ0v) is 11.5. The molecule has 2 atom stereocenters. The lowest BCUT2D eigenvalue weighted by Crippen LogP contribution is -2.03. The Labute approximate surface area is 102 Å². The number of unbranched alkanes of at least 4 members (excludes halogenated alkanes) is 5. The van der Waals surface area contributed by atoms with Gasteiger partial charge in [-0.05, 0) is 18.3 Å². The van der Waals surface area contributed by atoms with E-state index >= 15 is 0 Å². The molecule has 0 aromatic heterocycles. The van der Waals surface area contributed by atoms with Gasteiger partial charge in [0.2, 0.25) is 0 Å². The summed E-state index contributed by atoms with van der Waals surface area (Å²) in [7, 11) is 0. The first-order chi connectivity index (χ1) is 7.70. The summed E-state index contributed by atoms with van der Waals surface area (Å²) in [6.45, 7) is 6.77. The van der Waals surface area contributed by atoms with E-state index in [1.807, 2.05) is 0 Å². The Hall–Kier alpha value is -0.330. The van der Waals surface area contributed by atoms with Crippen LogP contribution >= 0.6 is 0 Å². The highest BCUT2D eigenvalue weighted by Gasteiger charge is 2.07. The van der Waals surface area contributed by atoms with Crippen LogP contribution in [0, 0.1) is 11.8 Å². The molecule has 0 rings (SSSR count). The predicted molar refractivity (Wildman–Crippen MR) is 71.6 cm³/mol. The molecule has 0 spiro atoms. The average Bonchev–Trinajstić information content (AvgIpc) is 2.23. The molecular weight excluding hydrogens is 196 g/mol. The SMILES string of the molecule is CCCCCCCCC(C)CC(C)CC=O. The molecule has 0 N–H and O–H groups in total. The lowest BCUT2D eigenvalue weighted by Gasteiger charge is -2.15. The summed E-state index contributed by atoms with van der Waals surface area (Å²) in [6, 6.07) is 0. The van der Waals surface area contributed by atoms with E-state index in [0.29, 0.717) is 5.92 Å². The van der Waals surface area contributed by atoms with Crippen molar-refractivity contribution in [3.05, 3.63) is 0 Å². The fourth-order valence-electron chi connectivity index (χ4n) is 2.34. The molecule has 1 heteroatoms. The smallest absolute Gasteiger partial charge is 0.120 e. The van der Waals surface area contributed by atoms with E-state index in [1.165, 1.54) is 51.4 Å². The van der Waals surface area contributed by atoms with Gasteiger partial charge in [0.1, 0.15) is 6.29 Å². The number of carbonyl (C=O) groups is 1. The van der Waals surface area contributed by atoms with E-state index in [4.69, 9.17) is 0 Å². The minimum absolute atomic E-state index is 0.576. The lowest BCUT2D eigenvalue weighted by molar-refractivity contribution is -0.108. The fraction of sp³-hybridized carbons (Fsp3) is 0.933. The molecule has 0 aliphatic rings. The van der Waals surface area contributed by atoms with Crippen LogP contribution < -0.4 is 0 Å². The van der Waals surface area contributed by atoms with E-state index < -0.39 is 0 Å². The molecule has 0 bridgehead atoms. The Balaban J connectivity index is 3.29. The second kappa shape index (κ2) is 11.2. The van der Waals surface area contributed by atoms with Crippen LogP contribution in [0.4, 0.5) is 0 Å². The van der Waals surface area contributed by atoms with E-state index in [-0.39, 0.29) is 0 Å². The highest BCUT2D eigenvalue weighted by Crippen LogP contribution is 2.20. The summed E-state index contributed by atoms with van der Waals surface area (Å²) in [6.07, 6.45) is 12.7. The number of rotatable bonds is 11. The molecule has 1 nitrogen and oxygen atoms in total. The Bertz CT molecular complexity index is 154. The van der Waals surface area contributed by atoms with Crippen molar-refractivity contribution in [2.24, 2.45) is 11.8 Å². The Morgan fingerprint density at radius 2 is 1.56 bits per heavy atom. The normalized spacial score (nSPS) is 14.7. The molecule has 2 unspecified atom stereocenters. The maximum absolute atomic E-state index is 10.4. The minimum atomic E-state index is 0.576. The third kappa shape index (κ3) is 10.2. The maximum Gasteiger partial charge on any atom is 0.120 e. The van der Waals surface area contributed by atoms with Crippen molar-refractivity contribution < 1.29 is 4.79 Å². The van der Waals surface area contributed by atoms with E-state index in [1.54, 1.807) is 0 Å². The van der Waals surface area contributed by atoms with Crippen LogP contribution in [0.25, 0.3) is 0 Å². The van der Waals surface area contributed by atoms with Gasteiger partial charge < -0.3 is 4.79 Å². The van der Waals surface area contributed by atoms with Crippen LogP contribution in [-0.2, 0) is 4.79 Å². The van der Waals surface area contributed by atoms with Crippen LogP contribution in [0.2, 0.25) is 0 Å². The molecule has 0 aliphatic heterocycles. The summed E-state index contributed by atoms with van der Waals surface area (Å²) >= 11 is 0. The quantitative estimate of drug-likeness (QED) is 0.358. The second-order valence-corrected chi connectivity index (χ2v) is 5.40. The summed E-state index contributed by atoms with van der Waals surface area (Å²) in [4.78, 5) is 10.4. The molecule has 0 aromatic carbocycles. The Kier molecular flexibility index (Phi) is 10.9. The zero-order valence-electron chi connectivity index (χ0n) is 11.5. The van der Waals surface area contributed by atoms with Crippen LogP contribution in [0.1, 0.15) is 78.6 Å². The first-order valence-corrected chi connectivity index (χ1v) is 7.14. The lowest BCUT2D eigenvalue weighted by atomic mass is 9.91. The molecule has 0 heterocycles. The molecule has 0 aliphatic carbocycles. The molecule has 0 aromatic rings. The van der Waals surface area contributed by atoms with Crippen molar-refractivity contribution in [1.29, 1.82) is 0 Å². The van der Waals surface area contributed by atoms with Gasteiger partial charge >= 0.3 is 0 Å². The molecular formula is C15H30O. The number of aldehydes is 1. The highest BCUT2D eigenvalue weighted by atomic mass is 16.1. The van der Waals surface area contributed by atoms with Gasteiger partial charge in [0.15, 0.2) is 0 Å². The van der Waals surface area contributed by atoms with Crippen molar-refractivity contribution in [2.45, 2.75) is 78.6 Å². The standard InChI is InChI=1S/C15H30O/c1-4-5-6-7-8-9-10-14(2)13-15(3)11-12-16/h12,14-15H,4-11,13H2,1-3H3. The van der Waals surface area contributed by atoms with Crippen molar-refractivity contribution in [2.75, 3.05) is 0 Å². The predicted octanol–water partition coefficient (Wildman–Crippen LogP) is 4.99. The van der Waals surface area contributed by atoms with E-state index in [2.05, 4.69) is 20.8 Å². The molecule has 0 amide bonds. The molecule has 0 radical (unpaired) electrons.